The summed E-state index contributed by atoms with van der Waals surface area (Å²) in [4.78, 5) is 56.7. The molecule has 9 heteroatoms. The van der Waals surface area contributed by atoms with E-state index in [1.165, 1.54) is 0 Å². The smallest absolute Gasteiger partial charge is 0.244 e. The first-order valence-electron chi connectivity index (χ1n) is 14.1. The number of primary amides is 1. The van der Waals surface area contributed by atoms with Gasteiger partial charge in [0.15, 0.2) is 0 Å². The monoisotopic (exact) mass is 552 g/mol. The predicted molar refractivity (Wildman–Crippen MR) is 154 cm³/mol. The van der Waals surface area contributed by atoms with Crippen molar-refractivity contribution in [3.8, 4) is 0 Å². The Morgan fingerprint density at radius 2 is 1.43 bits per heavy atom. The van der Waals surface area contributed by atoms with E-state index in [-0.39, 0.29) is 31.3 Å². The van der Waals surface area contributed by atoms with Gasteiger partial charge in [-0.2, -0.15) is 0 Å². The molecular formula is C31H44N4O5. The molecule has 0 fully saturated rings. The van der Waals surface area contributed by atoms with E-state index in [0.29, 0.717) is 12.8 Å². The molecule has 5 N–H and O–H groups in total. The van der Waals surface area contributed by atoms with Gasteiger partial charge >= 0.3 is 0 Å². The molecule has 4 amide bonds. The van der Waals surface area contributed by atoms with Crippen LogP contribution in [-0.4, -0.2) is 35.7 Å². The highest BCUT2D eigenvalue weighted by Gasteiger charge is 2.30. The predicted octanol–water partition coefficient (Wildman–Crippen LogP) is 3.56. The fourth-order valence-corrected chi connectivity index (χ4v) is 4.34. The Labute approximate surface area is 237 Å². The molecule has 0 aliphatic heterocycles. The third-order valence-corrected chi connectivity index (χ3v) is 6.51. The minimum atomic E-state index is -0.922. The number of hydrogen-bond donors (Lipinski definition) is 4. The zero-order chi connectivity index (χ0) is 29.3. The lowest BCUT2D eigenvalue weighted by atomic mass is 9.95. The summed E-state index contributed by atoms with van der Waals surface area (Å²) in [6, 6.07) is 16.9. The SMILES string of the molecule is CCCCC[C@H](CC(=O)NOCc1ccccc1)C(=O)N[C@@H](CC(C)C)C(=O)N[C@@H](Cc1ccccc1)C(N)=O. The largest absolute Gasteiger partial charge is 0.368 e. The zero-order valence-electron chi connectivity index (χ0n) is 23.9. The van der Waals surface area contributed by atoms with E-state index >= 15 is 0 Å². The van der Waals surface area contributed by atoms with Crippen molar-refractivity contribution in [1.29, 1.82) is 0 Å². The number of carbonyl (C=O) groups is 4. The fourth-order valence-electron chi connectivity index (χ4n) is 4.34. The molecule has 0 heterocycles. The number of amides is 4. The van der Waals surface area contributed by atoms with Crippen LogP contribution in [0, 0.1) is 11.8 Å². The standard InChI is InChI=1S/C31H44N4O5/c1-4-5-8-17-25(20-28(36)35-40-21-24-15-11-7-12-16-24)30(38)34-27(18-22(2)3)31(39)33-26(29(32)37)19-23-13-9-6-10-14-23/h6-7,9-16,22,25-27H,4-5,8,17-21H2,1-3H3,(H2,32,37)(H,33,39)(H,34,38)(H,35,36)/t25-,26+,27+/m1/s1. The maximum atomic E-state index is 13.4. The molecule has 0 unspecified atom stereocenters. The van der Waals surface area contributed by atoms with Crippen molar-refractivity contribution in [3.63, 3.8) is 0 Å². The lowest BCUT2D eigenvalue weighted by Gasteiger charge is -2.25. The quantitative estimate of drug-likeness (QED) is 0.165. The first kappa shape index (κ1) is 32.5. The molecule has 2 aromatic rings. The number of rotatable bonds is 18. The van der Waals surface area contributed by atoms with Crippen molar-refractivity contribution in [2.75, 3.05) is 0 Å². The number of hydroxylamine groups is 1. The molecule has 0 saturated carbocycles. The van der Waals surface area contributed by atoms with Crippen molar-refractivity contribution in [2.45, 2.75) is 84.4 Å². The van der Waals surface area contributed by atoms with E-state index in [2.05, 4.69) is 23.0 Å². The van der Waals surface area contributed by atoms with Crippen molar-refractivity contribution in [3.05, 3.63) is 71.8 Å². The molecule has 0 saturated heterocycles. The minimum Gasteiger partial charge on any atom is -0.368 e. The molecular weight excluding hydrogens is 508 g/mol. The van der Waals surface area contributed by atoms with Gasteiger partial charge in [0, 0.05) is 18.8 Å². The van der Waals surface area contributed by atoms with Gasteiger partial charge in [-0.15, -0.1) is 0 Å². The normalized spacial score (nSPS) is 13.2. The molecule has 0 aliphatic carbocycles. The van der Waals surface area contributed by atoms with Gasteiger partial charge in [-0.1, -0.05) is 101 Å². The highest BCUT2D eigenvalue weighted by molar-refractivity contribution is 5.93. The zero-order valence-corrected chi connectivity index (χ0v) is 23.9. The number of carbonyl (C=O) groups excluding carboxylic acids is 4. The molecule has 2 rings (SSSR count). The van der Waals surface area contributed by atoms with Gasteiger partial charge in [-0.25, -0.2) is 5.48 Å². The van der Waals surface area contributed by atoms with Gasteiger partial charge in [0.05, 0.1) is 6.61 Å². The molecule has 40 heavy (non-hydrogen) atoms. The van der Waals surface area contributed by atoms with Crippen LogP contribution >= 0.6 is 0 Å². The lowest BCUT2D eigenvalue weighted by Crippen LogP contribution is -2.54. The fraction of sp³-hybridized carbons (Fsp3) is 0.484. The van der Waals surface area contributed by atoms with Gasteiger partial charge in [-0.3, -0.25) is 24.0 Å². The first-order valence-corrected chi connectivity index (χ1v) is 14.1. The Balaban J connectivity index is 2.04. The van der Waals surface area contributed by atoms with Crippen LogP contribution in [0.2, 0.25) is 0 Å². The highest BCUT2D eigenvalue weighted by atomic mass is 16.6. The molecule has 3 atom stereocenters. The highest BCUT2D eigenvalue weighted by Crippen LogP contribution is 2.16. The van der Waals surface area contributed by atoms with E-state index in [1.807, 2.05) is 74.5 Å². The number of hydrogen-bond acceptors (Lipinski definition) is 5. The van der Waals surface area contributed by atoms with Gasteiger partial charge in [0.25, 0.3) is 0 Å². The number of benzene rings is 2. The van der Waals surface area contributed by atoms with Crippen molar-refractivity contribution in [1.82, 2.24) is 16.1 Å². The van der Waals surface area contributed by atoms with Gasteiger partial charge in [-0.05, 0) is 29.9 Å². The van der Waals surface area contributed by atoms with Crippen molar-refractivity contribution < 1.29 is 24.0 Å². The molecule has 0 spiro atoms. The molecule has 2 aromatic carbocycles. The van der Waals surface area contributed by atoms with Crippen LogP contribution in [-0.2, 0) is 37.0 Å². The van der Waals surface area contributed by atoms with E-state index in [0.717, 1.165) is 30.4 Å². The lowest BCUT2D eigenvalue weighted by molar-refractivity contribution is -0.139. The van der Waals surface area contributed by atoms with Gasteiger partial charge < -0.3 is 16.4 Å². The summed E-state index contributed by atoms with van der Waals surface area (Å²) in [5.41, 5.74) is 9.77. The summed E-state index contributed by atoms with van der Waals surface area (Å²) in [7, 11) is 0. The Morgan fingerprint density at radius 3 is 2.00 bits per heavy atom. The molecule has 0 aromatic heterocycles. The van der Waals surface area contributed by atoms with Crippen LogP contribution in [0.3, 0.4) is 0 Å². The molecule has 218 valence electrons. The van der Waals surface area contributed by atoms with Crippen LogP contribution < -0.4 is 21.8 Å². The molecule has 9 nitrogen and oxygen atoms in total. The summed E-state index contributed by atoms with van der Waals surface area (Å²) in [5, 5.41) is 5.57. The maximum Gasteiger partial charge on any atom is 0.244 e. The van der Waals surface area contributed by atoms with E-state index in [4.69, 9.17) is 10.6 Å². The molecule has 0 bridgehead atoms. The first-order chi connectivity index (χ1) is 19.2. The number of nitrogens with two attached hydrogens (primary N) is 1. The van der Waals surface area contributed by atoms with E-state index < -0.39 is 35.7 Å². The second-order valence-electron chi connectivity index (χ2n) is 10.5. The summed E-state index contributed by atoms with van der Waals surface area (Å²) in [5.74, 6) is -2.47. The second-order valence-corrected chi connectivity index (χ2v) is 10.5. The Hall–Kier alpha value is -3.72. The van der Waals surface area contributed by atoms with Gasteiger partial charge in [0.2, 0.25) is 23.6 Å². The summed E-state index contributed by atoms with van der Waals surface area (Å²) in [6.45, 7) is 6.16. The van der Waals surface area contributed by atoms with Crippen LogP contribution in [0.1, 0.15) is 70.4 Å². The van der Waals surface area contributed by atoms with Crippen LogP contribution in [0.5, 0.6) is 0 Å². The van der Waals surface area contributed by atoms with Crippen molar-refractivity contribution in [2.24, 2.45) is 17.6 Å². The van der Waals surface area contributed by atoms with E-state index in [1.54, 1.807) is 0 Å². The van der Waals surface area contributed by atoms with Crippen LogP contribution in [0.25, 0.3) is 0 Å². The van der Waals surface area contributed by atoms with Crippen LogP contribution in [0.15, 0.2) is 60.7 Å². The Kier molecular flexibility index (Phi) is 14.4. The summed E-state index contributed by atoms with van der Waals surface area (Å²) >= 11 is 0. The molecule has 0 radical (unpaired) electrons. The molecule has 0 aliphatic rings. The number of nitrogens with one attached hydrogen (secondary N) is 3. The third-order valence-electron chi connectivity index (χ3n) is 6.51. The maximum absolute atomic E-state index is 13.4. The Bertz CT molecular complexity index is 1060. The van der Waals surface area contributed by atoms with Gasteiger partial charge in [0.1, 0.15) is 12.1 Å². The second kappa shape index (κ2) is 17.8. The van der Waals surface area contributed by atoms with Crippen LogP contribution in [0.4, 0.5) is 0 Å². The third kappa shape index (κ3) is 12.4. The minimum absolute atomic E-state index is 0.0712. The number of unbranched alkanes of at least 4 members (excludes halogenated alkanes) is 2. The average Bonchev–Trinajstić information content (AvgIpc) is 2.92. The van der Waals surface area contributed by atoms with E-state index in [9.17, 15) is 19.2 Å². The summed E-state index contributed by atoms with van der Waals surface area (Å²) in [6.07, 6.45) is 3.70. The summed E-state index contributed by atoms with van der Waals surface area (Å²) < 4.78 is 0. The average molecular weight is 553 g/mol. The van der Waals surface area contributed by atoms with Crippen molar-refractivity contribution >= 4 is 23.6 Å². The Morgan fingerprint density at radius 1 is 0.825 bits per heavy atom. The topological polar surface area (TPSA) is 140 Å².